The van der Waals surface area contributed by atoms with E-state index in [4.69, 9.17) is 4.74 Å². The lowest BCUT2D eigenvalue weighted by Crippen LogP contribution is -2.35. The van der Waals surface area contributed by atoms with Crippen LogP contribution in [-0.4, -0.2) is 28.5 Å². The van der Waals surface area contributed by atoms with E-state index >= 15 is 0 Å². The first-order valence-corrected chi connectivity index (χ1v) is 6.28. The molecule has 1 N–H and O–H groups in total. The molecule has 4 nitrogen and oxygen atoms in total. The molecule has 0 amide bonds. The van der Waals surface area contributed by atoms with Crippen LogP contribution in [0.2, 0.25) is 0 Å². The van der Waals surface area contributed by atoms with Gasteiger partial charge in [-0.05, 0) is 34.6 Å². The fraction of sp³-hybridized carbons (Fsp3) is 0.769. The van der Waals surface area contributed by atoms with Gasteiger partial charge in [0.05, 0.1) is 18.8 Å². The molecule has 0 saturated carbocycles. The first-order chi connectivity index (χ1) is 7.92. The normalized spacial score (nSPS) is 12.1. The third kappa shape index (κ3) is 5.33. The molecular weight excluding hydrogens is 214 g/mol. The molecule has 0 aliphatic heterocycles. The summed E-state index contributed by atoms with van der Waals surface area (Å²) in [6.07, 6.45) is 2.10. The average molecular weight is 239 g/mol. The molecule has 17 heavy (non-hydrogen) atoms. The van der Waals surface area contributed by atoms with Crippen LogP contribution in [0.25, 0.3) is 0 Å². The van der Waals surface area contributed by atoms with Crippen molar-refractivity contribution in [1.82, 2.24) is 15.1 Å². The van der Waals surface area contributed by atoms with E-state index < -0.39 is 0 Å². The lowest BCUT2D eigenvalue weighted by atomic mass is 10.1. The molecular formula is C13H25N3O. The van der Waals surface area contributed by atoms with Crippen molar-refractivity contribution in [3.8, 4) is 0 Å². The van der Waals surface area contributed by atoms with E-state index in [-0.39, 0.29) is 5.54 Å². The Labute approximate surface area is 104 Å². The number of hydrogen-bond acceptors (Lipinski definition) is 3. The molecule has 1 heterocycles. The van der Waals surface area contributed by atoms with Crippen LogP contribution < -0.4 is 5.32 Å². The Hall–Kier alpha value is -0.870. The minimum Gasteiger partial charge on any atom is -0.380 e. The maximum Gasteiger partial charge on any atom is 0.0662 e. The van der Waals surface area contributed by atoms with Crippen molar-refractivity contribution in [1.29, 1.82) is 0 Å². The lowest BCUT2D eigenvalue weighted by molar-refractivity contribution is 0.136. The average Bonchev–Trinajstić information content (AvgIpc) is 2.56. The number of ether oxygens (including phenoxy) is 1. The molecule has 1 aromatic rings. The Kier molecular flexibility index (Phi) is 5.15. The summed E-state index contributed by atoms with van der Waals surface area (Å²) in [4.78, 5) is 0. The minimum atomic E-state index is 0.139. The second kappa shape index (κ2) is 6.17. The van der Waals surface area contributed by atoms with Gasteiger partial charge >= 0.3 is 0 Å². The van der Waals surface area contributed by atoms with Gasteiger partial charge in [-0.1, -0.05) is 0 Å². The van der Waals surface area contributed by atoms with Gasteiger partial charge in [-0.2, -0.15) is 5.10 Å². The maximum absolute atomic E-state index is 5.32. The van der Waals surface area contributed by atoms with Gasteiger partial charge in [-0.3, -0.25) is 4.68 Å². The van der Waals surface area contributed by atoms with E-state index in [0.29, 0.717) is 0 Å². The Morgan fingerprint density at radius 2 is 2.12 bits per heavy atom. The fourth-order valence-corrected chi connectivity index (χ4v) is 1.51. The summed E-state index contributed by atoms with van der Waals surface area (Å²) in [6, 6.07) is 0. The Morgan fingerprint density at radius 1 is 1.41 bits per heavy atom. The summed E-state index contributed by atoms with van der Waals surface area (Å²) in [6.45, 7) is 13.7. The van der Waals surface area contributed by atoms with Crippen LogP contribution in [0.15, 0.2) is 6.20 Å². The maximum atomic E-state index is 5.32. The third-order valence-electron chi connectivity index (χ3n) is 2.53. The minimum absolute atomic E-state index is 0.139. The van der Waals surface area contributed by atoms with Crippen molar-refractivity contribution in [2.45, 2.75) is 53.2 Å². The van der Waals surface area contributed by atoms with E-state index in [1.807, 2.05) is 11.6 Å². The predicted octanol–water partition coefficient (Wildman–Crippen LogP) is 2.12. The van der Waals surface area contributed by atoms with Crippen molar-refractivity contribution >= 4 is 0 Å². The summed E-state index contributed by atoms with van der Waals surface area (Å²) < 4.78 is 7.29. The van der Waals surface area contributed by atoms with Crippen molar-refractivity contribution < 1.29 is 4.74 Å². The molecule has 0 radical (unpaired) electrons. The Balaban J connectivity index is 2.50. The van der Waals surface area contributed by atoms with Crippen LogP contribution in [0, 0.1) is 6.92 Å². The molecule has 0 aliphatic carbocycles. The molecule has 0 aliphatic rings. The topological polar surface area (TPSA) is 39.1 Å². The number of rotatable bonds is 6. The van der Waals surface area contributed by atoms with Gasteiger partial charge in [-0.25, -0.2) is 0 Å². The zero-order valence-electron chi connectivity index (χ0n) is 11.7. The lowest BCUT2D eigenvalue weighted by Gasteiger charge is -2.20. The number of aryl methyl sites for hydroxylation is 1. The number of nitrogens with zero attached hydrogens (tertiary/aromatic N) is 2. The molecule has 0 spiro atoms. The number of hydrogen-bond donors (Lipinski definition) is 1. The highest BCUT2D eigenvalue weighted by Crippen LogP contribution is 2.08. The summed E-state index contributed by atoms with van der Waals surface area (Å²) in [5.41, 5.74) is 2.49. The molecule has 0 saturated heterocycles. The molecule has 4 heteroatoms. The summed E-state index contributed by atoms with van der Waals surface area (Å²) >= 11 is 0. The highest BCUT2D eigenvalue weighted by Gasteiger charge is 2.11. The van der Waals surface area contributed by atoms with Crippen molar-refractivity contribution in [2.75, 3.05) is 13.2 Å². The summed E-state index contributed by atoms with van der Waals surface area (Å²) in [5.74, 6) is 0. The smallest absolute Gasteiger partial charge is 0.0662 e. The van der Waals surface area contributed by atoms with Crippen molar-refractivity contribution in [3.63, 3.8) is 0 Å². The van der Waals surface area contributed by atoms with Crippen LogP contribution in [-0.2, 0) is 17.8 Å². The highest BCUT2D eigenvalue weighted by atomic mass is 16.5. The van der Waals surface area contributed by atoms with Gasteiger partial charge in [0.25, 0.3) is 0 Å². The highest BCUT2D eigenvalue weighted by molar-refractivity contribution is 5.15. The zero-order valence-corrected chi connectivity index (χ0v) is 11.7. The van der Waals surface area contributed by atoms with Crippen LogP contribution in [0.1, 0.15) is 39.0 Å². The molecule has 1 aromatic heterocycles. The van der Waals surface area contributed by atoms with E-state index in [0.717, 1.165) is 32.0 Å². The molecule has 0 bridgehead atoms. The molecule has 0 aromatic carbocycles. The van der Waals surface area contributed by atoms with E-state index in [1.165, 1.54) is 5.56 Å². The fourth-order valence-electron chi connectivity index (χ4n) is 1.51. The Morgan fingerprint density at radius 3 is 2.71 bits per heavy atom. The Bertz CT molecular complexity index is 339. The first kappa shape index (κ1) is 14.2. The standard InChI is InChI=1S/C13H25N3O/c1-6-17-8-7-16-10-12(11(2)15-16)9-14-13(3,4)5/h10,14H,6-9H2,1-5H3. The quantitative estimate of drug-likeness (QED) is 0.773. The second-order valence-electron chi connectivity index (χ2n) is 5.30. The molecule has 1 rings (SSSR count). The van der Waals surface area contributed by atoms with Crippen molar-refractivity contribution in [2.24, 2.45) is 0 Å². The van der Waals surface area contributed by atoms with Crippen molar-refractivity contribution in [3.05, 3.63) is 17.5 Å². The molecule has 0 fully saturated rings. The van der Waals surface area contributed by atoms with E-state index in [9.17, 15) is 0 Å². The molecule has 0 atom stereocenters. The monoisotopic (exact) mass is 239 g/mol. The summed E-state index contributed by atoms with van der Waals surface area (Å²) in [7, 11) is 0. The number of aromatic nitrogens is 2. The van der Waals surface area contributed by atoms with Crippen LogP contribution in [0.5, 0.6) is 0 Å². The van der Waals surface area contributed by atoms with Gasteiger partial charge in [0.2, 0.25) is 0 Å². The van der Waals surface area contributed by atoms with Gasteiger partial charge in [0.1, 0.15) is 0 Å². The zero-order chi connectivity index (χ0) is 12.9. The number of nitrogens with one attached hydrogen (secondary N) is 1. The predicted molar refractivity (Wildman–Crippen MR) is 70.0 cm³/mol. The first-order valence-electron chi connectivity index (χ1n) is 6.28. The van der Waals surface area contributed by atoms with Gasteiger partial charge in [-0.15, -0.1) is 0 Å². The van der Waals surface area contributed by atoms with E-state index in [2.05, 4.69) is 44.3 Å². The van der Waals surface area contributed by atoms with Crippen LogP contribution in [0.3, 0.4) is 0 Å². The summed E-state index contributed by atoms with van der Waals surface area (Å²) in [5, 5.41) is 7.95. The molecule has 98 valence electrons. The largest absolute Gasteiger partial charge is 0.380 e. The third-order valence-corrected chi connectivity index (χ3v) is 2.53. The molecule has 0 unspecified atom stereocenters. The van der Waals surface area contributed by atoms with E-state index in [1.54, 1.807) is 0 Å². The SMILES string of the molecule is CCOCCn1cc(CNC(C)(C)C)c(C)n1. The van der Waals surface area contributed by atoms with Gasteiger partial charge < -0.3 is 10.1 Å². The van der Waals surface area contributed by atoms with Crippen LogP contribution >= 0.6 is 0 Å². The second-order valence-corrected chi connectivity index (χ2v) is 5.30. The van der Waals surface area contributed by atoms with Crippen LogP contribution in [0.4, 0.5) is 0 Å². The van der Waals surface area contributed by atoms with Gasteiger partial charge in [0.15, 0.2) is 0 Å². The van der Waals surface area contributed by atoms with Gasteiger partial charge in [0, 0.05) is 30.5 Å².